The van der Waals surface area contributed by atoms with Gasteiger partial charge in [-0.25, -0.2) is 0 Å². The van der Waals surface area contributed by atoms with E-state index >= 15 is 0 Å². The third-order valence-electron chi connectivity index (χ3n) is 2.35. The number of nitrogens with one attached hydrogen (secondary N) is 2. The van der Waals surface area contributed by atoms with Gasteiger partial charge in [0.1, 0.15) is 6.33 Å². The summed E-state index contributed by atoms with van der Waals surface area (Å²) < 4.78 is 1.85. The van der Waals surface area contributed by atoms with Crippen LogP contribution < -0.4 is 10.6 Å². The van der Waals surface area contributed by atoms with Crippen molar-refractivity contribution in [1.82, 2.24) is 20.1 Å². The van der Waals surface area contributed by atoms with Crippen molar-refractivity contribution in [2.75, 3.05) is 18.9 Å². The molecule has 0 atom stereocenters. The maximum Gasteiger partial charge on any atom is 0.238 e. The number of nitrogens with zero attached hydrogens (tertiary/aromatic N) is 3. The van der Waals surface area contributed by atoms with Crippen LogP contribution in [0.15, 0.2) is 40.6 Å². The van der Waals surface area contributed by atoms with E-state index < -0.39 is 0 Å². The molecule has 2 rings (SSSR count). The number of hydrogen-bond acceptors (Lipinski definition) is 5. The summed E-state index contributed by atoms with van der Waals surface area (Å²) in [6.45, 7) is 0.301. The fraction of sp³-hybridized carbons (Fsp3) is 0.250. The van der Waals surface area contributed by atoms with Crippen molar-refractivity contribution < 1.29 is 4.79 Å². The summed E-state index contributed by atoms with van der Waals surface area (Å²) >= 11 is 1.52. The first-order chi connectivity index (χ1) is 9.19. The molecule has 0 unspecified atom stereocenters. The topological polar surface area (TPSA) is 71.8 Å². The lowest BCUT2D eigenvalue weighted by Crippen LogP contribution is -2.24. The van der Waals surface area contributed by atoms with Gasteiger partial charge in [0.15, 0.2) is 5.16 Å². The quantitative estimate of drug-likeness (QED) is 0.857. The van der Waals surface area contributed by atoms with Crippen molar-refractivity contribution in [3.05, 3.63) is 30.6 Å². The molecule has 1 aromatic carbocycles. The molecule has 0 radical (unpaired) electrons. The molecule has 0 fully saturated rings. The average Bonchev–Trinajstić information content (AvgIpc) is 2.78. The summed E-state index contributed by atoms with van der Waals surface area (Å²) in [6, 6.07) is 7.61. The smallest absolute Gasteiger partial charge is 0.238 e. The predicted octanol–water partition coefficient (Wildman–Crippen LogP) is 1.12. The standard InChI is InChI=1S/C12H15N5OS/c1-13-7-11(18)15-9-3-5-10(6-4-9)19-12-16-14-8-17(12)2/h3-6,8,13H,7H2,1-2H3,(H,15,18). The summed E-state index contributed by atoms with van der Waals surface area (Å²) in [6.07, 6.45) is 1.66. The van der Waals surface area contributed by atoms with E-state index in [0.29, 0.717) is 6.54 Å². The van der Waals surface area contributed by atoms with Gasteiger partial charge in [-0.05, 0) is 43.1 Å². The minimum absolute atomic E-state index is 0.0591. The first kappa shape index (κ1) is 13.6. The highest BCUT2D eigenvalue weighted by molar-refractivity contribution is 7.99. The molecular formula is C12H15N5OS. The second kappa shape index (κ2) is 6.35. The molecule has 7 heteroatoms. The molecule has 1 amide bonds. The lowest BCUT2D eigenvalue weighted by molar-refractivity contribution is -0.115. The zero-order valence-corrected chi connectivity index (χ0v) is 11.6. The molecule has 0 aliphatic heterocycles. The fourth-order valence-corrected chi connectivity index (χ4v) is 2.20. The van der Waals surface area contributed by atoms with Gasteiger partial charge in [-0.3, -0.25) is 4.79 Å². The van der Waals surface area contributed by atoms with E-state index in [-0.39, 0.29) is 5.91 Å². The molecule has 0 bridgehead atoms. The van der Waals surface area contributed by atoms with Gasteiger partial charge in [-0.1, -0.05) is 0 Å². The van der Waals surface area contributed by atoms with Crippen molar-refractivity contribution in [3.8, 4) is 0 Å². The Morgan fingerprint density at radius 1 is 1.37 bits per heavy atom. The third kappa shape index (κ3) is 3.80. The summed E-state index contributed by atoms with van der Waals surface area (Å²) in [5.74, 6) is -0.0591. The summed E-state index contributed by atoms with van der Waals surface area (Å²) in [5.41, 5.74) is 0.780. The van der Waals surface area contributed by atoms with Crippen LogP contribution in [0.2, 0.25) is 0 Å². The van der Waals surface area contributed by atoms with Gasteiger partial charge in [0, 0.05) is 17.6 Å². The SMILES string of the molecule is CNCC(=O)Nc1ccc(Sc2nncn2C)cc1. The number of carbonyl (C=O) groups is 1. The number of aromatic nitrogens is 3. The normalized spacial score (nSPS) is 10.4. The highest BCUT2D eigenvalue weighted by Crippen LogP contribution is 2.26. The average molecular weight is 277 g/mol. The lowest BCUT2D eigenvalue weighted by atomic mass is 10.3. The van der Waals surface area contributed by atoms with E-state index in [1.807, 2.05) is 35.9 Å². The predicted molar refractivity (Wildman–Crippen MR) is 74.1 cm³/mol. The molecule has 0 saturated carbocycles. The van der Waals surface area contributed by atoms with Gasteiger partial charge < -0.3 is 15.2 Å². The number of anilines is 1. The molecule has 0 aliphatic rings. The molecule has 1 heterocycles. The minimum atomic E-state index is -0.0591. The fourth-order valence-electron chi connectivity index (χ4n) is 1.44. The second-order valence-corrected chi connectivity index (χ2v) is 4.97. The van der Waals surface area contributed by atoms with E-state index in [1.165, 1.54) is 11.8 Å². The van der Waals surface area contributed by atoms with Crippen LogP contribution in [0.25, 0.3) is 0 Å². The Morgan fingerprint density at radius 2 is 2.11 bits per heavy atom. The van der Waals surface area contributed by atoms with Gasteiger partial charge in [-0.15, -0.1) is 10.2 Å². The van der Waals surface area contributed by atoms with E-state index in [9.17, 15) is 4.79 Å². The number of rotatable bonds is 5. The van der Waals surface area contributed by atoms with Crippen molar-refractivity contribution >= 4 is 23.4 Å². The van der Waals surface area contributed by atoms with Crippen LogP contribution in [0.4, 0.5) is 5.69 Å². The van der Waals surface area contributed by atoms with Gasteiger partial charge in [0.2, 0.25) is 5.91 Å². The van der Waals surface area contributed by atoms with Gasteiger partial charge in [0.25, 0.3) is 0 Å². The Bertz CT molecular complexity index is 552. The summed E-state index contributed by atoms with van der Waals surface area (Å²) in [4.78, 5) is 12.4. The Morgan fingerprint density at radius 3 is 2.68 bits per heavy atom. The number of aryl methyl sites for hydroxylation is 1. The van der Waals surface area contributed by atoms with Crippen LogP contribution in [0.5, 0.6) is 0 Å². The van der Waals surface area contributed by atoms with Crippen LogP contribution in [-0.2, 0) is 11.8 Å². The Kier molecular flexibility index (Phi) is 4.53. The number of hydrogen-bond donors (Lipinski definition) is 2. The maximum absolute atomic E-state index is 11.4. The van der Waals surface area contributed by atoms with Crippen LogP contribution >= 0.6 is 11.8 Å². The molecule has 100 valence electrons. The van der Waals surface area contributed by atoms with Crippen molar-refractivity contribution in [3.63, 3.8) is 0 Å². The molecule has 0 saturated heterocycles. The molecule has 2 aromatic rings. The molecule has 19 heavy (non-hydrogen) atoms. The number of benzene rings is 1. The molecule has 0 aliphatic carbocycles. The Balaban J connectivity index is 1.98. The van der Waals surface area contributed by atoms with Crippen molar-refractivity contribution in [1.29, 1.82) is 0 Å². The van der Waals surface area contributed by atoms with Crippen LogP contribution in [0.1, 0.15) is 0 Å². The largest absolute Gasteiger partial charge is 0.325 e. The third-order valence-corrected chi connectivity index (χ3v) is 3.41. The first-order valence-corrected chi connectivity index (χ1v) is 6.57. The number of carbonyl (C=O) groups excluding carboxylic acids is 1. The van der Waals surface area contributed by atoms with E-state index in [2.05, 4.69) is 20.8 Å². The number of amides is 1. The summed E-state index contributed by atoms with van der Waals surface area (Å²) in [5, 5.41) is 14.3. The monoisotopic (exact) mass is 277 g/mol. The zero-order chi connectivity index (χ0) is 13.7. The second-order valence-electron chi connectivity index (χ2n) is 3.93. The first-order valence-electron chi connectivity index (χ1n) is 5.75. The van der Waals surface area contributed by atoms with Gasteiger partial charge in [-0.2, -0.15) is 0 Å². The number of likely N-dealkylation sites (N-methyl/N-ethyl adjacent to an activating group) is 1. The lowest BCUT2D eigenvalue weighted by Gasteiger charge is -2.05. The van der Waals surface area contributed by atoms with Crippen LogP contribution in [-0.4, -0.2) is 34.3 Å². The van der Waals surface area contributed by atoms with E-state index in [0.717, 1.165) is 15.7 Å². The molecular weight excluding hydrogens is 262 g/mol. The Hall–Kier alpha value is -1.86. The van der Waals surface area contributed by atoms with Gasteiger partial charge in [0.05, 0.1) is 6.54 Å². The van der Waals surface area contributed by atoms with E-state index in [4.69, 9.17) is 0 Å². The van der Waals surface area contributed by atoms with E-state index in [1.54, 1.807) is 13.4 Å². The van der Waals surface area contributed by atoms with Crippen molar-refractivity contribution in [2.24, 2.45) is 7.05 Å². The van der Waals surface area contributed by atoms with Crippen LogP contribution in [0, 0.1) is 0 Å². The maximum atomic E-state index is 11.4. The zero-order valence-electron chi connectivity index (χ0n) is 10.8. The highest BCUT2D eigenvalue weighted by atomic mass is 32.2. The van der Waals surface area contributed by atoms with Gasteiger partial charge >= 0.3 is 0 Å². The van der Waals surface area contributed by atoms with Crippen LogP contribution in [0.3, 0.4) is 0 Å². The molecule has 6 nitrogen and oxygen atoms in total. The molecule has 1 aromatic heterocycles. The van der Waals surface area contributed by atoms with Crippen molar-refractivity contribution in [2.45, 2.75) is 10.1 Å². The summed E-state index contributed by atoms with van der Waals surface area (Å²) in [7, 11) is 3.63. The highest BCUT2D eigenvalue weighted by Gasteiger charge is 2.04. The minimum Gasteiger partial charge on any atom is -0.325 e. The Labute approximate surface area is 115 Å². The molecule has 2 N–H and O–H groups in total. The molecule has 0 spiro atoms.